The highest BCUT2D eigenvalue weighted by Gasteiger charge is 2.16. The van der Waals surface area contributed by atoms with Crippen LogP contribution in [0, 0.1) is 10.7 Å². The van der Waals surface area contributed by atoms with Crippen LogP contribution in [0.2, 0.25) is 0 Å². The zero-order valence-electron chi connectivity index (χ0n) is 8.58. The molecule has 2 nitrogen and oxygen atoms in total. The average molecular weight is 207 g/mol. The Morgan fingerprint density at radius 2 is 1.93 bits per heavy atom. The molecule has 0 atom stereocenters. The second-order valence-electron chi connectivity index (χ2n) is 4.14. The molecule has 0 spiro atoms. The van der Waals surface area contributed by atoms with Crippen LogP contribution in [0.25, 0.3) is 0 Å². The Morgan fingerprint density at radius 3 is 2.53 bits per heavy atom. The minimum absolute atomic E-state index is 0.0884. The number of nitroso groups, excluding NO2 is 1. The van der Waals surface area contributed by atoms with Crippen LogP contribution in [0.4, 0.5) is 10.1 Å². The first-order valence-electron chi connectivity index (χ1n) is 5.44. The highest BCUT2D eigenvalue weighted by Crippen LogP contribution is 2.34. The van der Waals surface area contributed by atoms with Gasteiger partial charge in [-0.25, -0.2) is 4.39 Å². The van der Waals surface area contributed by atoms with Crippen molar-refractivity contribution in [3.63, 3.8) is 0 Å². The molecule has 2 rings (SSSR count). The van der Waals surface area contributed by atoms with Crippen LogP contribution in [0.5, 0.6) is 0 Å². The maximum absolute atomic E-state index is 13.3. The molecule has 1 fully saturated rings. The van der Waals surface area contributed by atoms with Gasteiger partial charge in [-0.1, -0.05) is 25.3 Å². The maximum Gasteiger partial charge on any atom is 0.152 e. The molecule has 1 saturated carbocycles. The number of nitrogens with zero attached hydrogens (tertiary/aromatic N) is 1. The first-order chi connectivity index (χ1) is 7.31. The predicted molar refractivity (Wildman–Crippen MR) is 57.7 cm³/mol. The van der Waals surface area contributed by atoms with E-state index in [0.29, 0.717) is 5.92 Å². The predicted octanol–water partition coefficient (Wildman–Crippen LogP) is 4.27. The Hall–Kier alpha value is -1.25. The van der Waals surface area contributed by atoms with Crippen LogP contribution < -0.4 is 0 Å². The summed E-state index contributed by atoms with van der Waals surface area (Å²) in [6.07, 6.45) is 5.99. The Kier molecular flexibility index (Phi) is 3.09. The van der Waals surface area contributed by atoms with Crippen molar-refractivity contribution >= 4 is 5.69 Å². The number of rotatable bonds is 2. The Labute approximate surface area is 88.5 Å². The summed E-state index contributed by atoms with van der Waals surface area (Å²) in [5.41, 5.74) is 0.925. The minimum atomic E-state index is -0.493. The lowest BCUT2D eigenvalue weighted by Gasteiger charge is -2.21. The normalized spacial score (nSPS) is 17.7. The van der Waals surface area contributed by atoms with Gasteiger partial charge < -0.3 is 0 Å². The third kappa shape index (κ3) is 2.22. The monoisotopic (exact) mass is 207 g/mol. The lowest BCUT2D eigenvalue weighted by molar-refractivity contribution is 0.442. The Morgan fingerprint density at radius 1 is 1.20 bits per heavy atom. The third-order valence-corrected chi connectivity index (χ3v) is 3.15. The number of benzene rings is 1. The number of hydrogen-bond acceptors (Lipinski definition) is 2. The van der Waals surface area contributed by atoms with Gasteiger partial charge in [0.05, 0.1) is 0 Å². The third-order valence-electron chi connectivity index (χ3n) is 3.15. The summed E-state index contributed by atoms with van der Waals surface area (Å²) in [6, 6.07) is 4.77. The fraction of sp³-hybridized carbons (Fsp3) is 0.500. The lowest BCUT2D eigenvalue weighted by atomic mass is 9.84. The Balaban J connectivity index is 2.21. The summed E-state index contributed by atoms with van der Waals surface area (Å²) in [5, 5.41) is 2.63. The lowest BCUT2D eigenvalue weighted by Crippen LogP contribution is -2.04. The molecular weight excluding hydrogens is 193 g/mol. The van der Waals surface area contributed by atoms with E-state index in [4.69, 9.17) is 0 Å². The smallest absolute Gasteiger partial charge is 0.152 e. The maximum atomic E-state index is 13.3. The number of halogens is 1. The molecule has 0 aromatic heterocycles. The van der Waals surface area contributed by atoms with Crippen molar-refractivity contribution in [2.45, 2.75) is 38.0 Å². The highest BCUT2D eigenvalue weighted by molar-refractivity contribution is 5.41. The van der Waals surface area contributed by atoms with E-state index in [9.17, 15) is 9.30 Å². The van der Waals surface area contributed by atoms with Crippen LogP contribution in [-0.2, 0) is 0 Å². The molecule has 0 saturated heterocycles. The second kappa shape index (κ2) is 4.51. The molecule has 15 heavy (non-hydrogen) atoms. The van der Waals surface area contributed by atoms with E-state index in [0.717, 1.165) is 18.4 Å². The van der Waals surface area contributed by atoms with Gasteiger partial charge in [-0.05, 0) is 41.6 Å². The average Bonchev–Trinajstić information content (AvgIpc) is 2.30. The molecule has 0 bridgehead atoms. The molecule has 0 amide bonds. The van der Waals surface area contributed by atoms with Crippen molar-refractivity contribution in [2.75, 3.05) is 0 Å². The molecule has 0 heterocycles. The van der Waals surface area contributed by atoms with E-state index < -0.39 is 5.82 Å². The molecule has 1 aromatic carbocycles. The summed E-state index contributed by atoms with van der Waals surface area (Å²) in [4.78, 5) is 10.2. The summed E-state index contributed by atoms with van der Waals surface area (Å²) in [7, 11) is 0. The van der Waals surface area contributed by atoms with Crippen molar-refractivity contribution in [1.29, 1.82) is 0 Å². The van der Waals surface area contributed by atoms with E-state index >= 15 is 0 Å². The summed E-state index contributed by atoms with van der Waals surface area (Å²) < 4.78 is 13.3. The van der Waals surface area contributed by atoms with Crippen LogP contribution in [0.1, 0.15) is 43.6 Å². The number of hydrogen-bond donors (Lipinski definition) is 0. The zero-order chi connectivity index (χ0) is 10.7. The molecule has 1 aliphatic rings. The molecule has 0 N–H and O–H groups in total. The molecule has 0 unspecified atom stereocenters. The van der Waals surface area contributed by atoms with Crippen molar-refractivity contribution in [3.8, 4) is 0 Å². The van der Waals surface area contributed by atoms with Crippen LogP contribution in [-0.4, -0.2) is 0 Å². The summed E-state index contributed by atoms with van der Waals surface area (Å²) >= 11 is 0. The van der Waals surface area contributed by atoms with Gasteiger partial charge in [0.15, 0.2) is 5.82 Å². The van der Waals surface area contributed by atoms with Crippen molar-refractivity contribution in [1.82, 2.24) is 0 Å². The molecule has 1 aromatic rings. The topological polar surface area (TPSA) is 29.4 Å². The van der Waals surface area contributed by atoms with Gasteiger partial charge in [0, 0.05) is 0 Å². The standard InChI is InChI=1S/C12H14FNO/c13-11-8-10(6-7-12(11)14-15)9-4-2-1-3-5-9/h6-9H,1-5H2. The Bertz CT molecular complexity index is 359. The summed E-state index contributed by atoms with van der Waals surface area (Å²) in [5.74, 6) is -0.0259. The van der Waals surface area contributed by atoms with E-state index in [2.05, 4.69) is 5.18 Å². The minimum Gasteiger partial charge on any atom is -0.204 e. The van der Waals surface area contributed by atoms with Crippen LogP contribution in [0.15, 0.2) is 23.4 Å². The van der Waals surface area contributed by atoms with E-state index in [1.807, 2.05) is 6.07 Å². The molecule has 1 aliphatic carbocycles. The van der Waals surface area contributed by atoms with Crippen LogP contribution >= 0.6 is 0 Å². The fourth-order valence-corrected chi connectivity index (χ4v) is 2.29. The van der Waals surface area contributed by atoms with E-state index in [1.54, 1.807) is 0 Å². The molecule has 80 valence electrons. The highest BCUT2D eigenvalue weighted by atomic mass is 19.1. The van der Waals surface area contributed by atoms with Gasteiger partial charge in [-0.3, -0.25) is 0 Å². The fourth-order valence-electron chi connectivity index (χ4n) is 2.29. The van der Waals surface area contributed by atoms with Crippen molar-refractivity contribution < 1.29 is 4.39 Å². The van der Waals surface area contributed by atoms with Crippen molar-refractivity contribution in [2.24, 2.45) is 5.18 Å². The van der Waals surface area contributed by atoms with E-state index in [-0.39, 0.29) is 5.69 Å². The first-order valence-corrected chi connectivity index (χ1v) is 5.44. The van der Waals surface area contributed by atoms with Gasteiger partial charge in [0.25, 0.3) is 0 Å². The second-order valence-corrected chi connectivity index (χ2v) is 4.14. The first kappa shape index (κ1) is 10.3. The quantitative estimate of drug-likeness (QED) is 0.666. The van der Waals surface area contributed by atoms with Gasteiger partial charge in [-0.2, -0.15) is 0 Å². The largest absolute Gasteiger partial charge is 0.204 e. The van der Waals surface area contributed by atoms with Gasteiger partial charge in [0.2, 0.25) is 0 Å². The van der Waals surface area contributed by atoms with E-state index in [1.165, 1.54) is 31.4 Å². The zero-order valence-corrected chi connectivity index (χ0v) is 8.58. The molecule has 0 aliphatic heterocycles. The molecule has 3 heteroatoms. The molecular formula is C12H14FNO. The van der Waals surface area contributed by atoms with Crippen molar-refractivity contribution in [3.05, 3.63) is 34.5 Å². The van der Waals surface area contributed by atoms with Gasteiger partial charge in [0.1, 0.15) is 5.69 Å². The summed E-state index contributed by atoms with van der Waals surface area (Å²) in [6.45, 7) is 0. The van der Waals surface area contributed by atoms with Gasteiger partial charge in [-0.15, -0.1) is 4.91 Å². The van der Waals surface area contributed by atoms with Crippen LogP contribution in [0.3, 0.4) is 0 Å². The SMILES string of the molecule is O=Nc1ccc(C2CCCCC2)cc1F. The molecule has 0 radical (unpaired) electrons. The van der Waals surface area contributed by atoms with Gasteiger partial charge >= 0.3 is 0 Å².